The fourth-order valence-electron chi connectivity index (χ4n) is 1.26. The van der Waals surface area contributed by atoms with Crippen molar-refractivity contribution in [1.82, 2.24) is 0 Å². The highest BCUT2D eigenvalue weighted by Gasteiger charge is 2.19. The van der Waals surface area contributed by atoms with Gasteiger partial charge in [-0.2, -0.15) is 0 Å². The molecule has 0 heterocycles. The third-order valence-electron chi connectivity index (χ3n) is 2.07. The first-order chi connectivity index (χ1) is 7.93. The van der Waals surface area contributed by atoms with Gasteiger partial charge < -0.3 is 10.5 Å². The molecule has 1 aromatic rings. The Morgan fingerprint density at radius 2 is 2.12 bits per heavy atom. The van der Waals surface area contributed by atoms with Gasteiger partial charge in [0.1, 0.15) is 0 Å². The zero-order chi connectivity index (χ0) is 13.0. The Morgan fingerprint density at radius 3 is 2.65 bits per heavy atom. The Morgan fingerprint density at radius 1 is 1.47 bits per heavy atom. The fourth-order valence-corrected chi connectivity index (χ4v) is 1.26. The molecule has 0 atom stereocenters. The predicted molar refractivity (Wildman–Crippen MR) is 57.3 cm³/mol. The largest absolute Gasteiger partial charge is 0.452 e. The average molecular weight is 238 g/mol. The molecule has 0 radical (unpaired) electrons. The molecule has 0 aliphatic rings. The zero-order valence-electron chi connectivity index (χ0n) is 9.00. The first-order valence-electron chi connectivity index (χ1n) is 4.63. The van der Waals surface area contributed by atoms with Crippen molar-refractivity contribution in [3.8, 4) is 0 Å². The van der Waals surface area contributed by atoms with Gasteiger partial charge in [-0.3, -0.25) is 14.9 Å². The summed E-state index contributed by atoms with van der Waals surface area (Å²) in [7, 11) is 0. The maximum Gasteiger partial charge on any atom is 0.339 e. The molecule has 1 aromatic carbocycles. The van der Waals surface area contributed by atoms with Crippen LogP contribution in [0.3, 0.4) is 0 Å². The van der Waals surface area contributed by atoms with Crippen molar-refractivity contribution in [2.45, 2.75) is 6.92 Å². The minimum absolute atomic E-state index is 0.0421. The van der Waals surface area contributed by atoms with E-state index in [0.29, 0.717) is 0 Å². The summed E-state index contributed by atoms with van der Waals surface area (Å²) in [6.07, 6.45) is 0. The molecule has 0 spiro atoms. The summed E-state index contributed by atoms with van der Waals surface area (Å²) in [5.41, 5.74) is 4.86. The number of hydrogen-bond acceptors (Lipinski definition) is 5. The van der Waals surface area contributed by atoms with Gasteiger partial charge in [-0.1, -0.05) is 6.07 Å². The SMILES string of the molecule is Cc1c(C(=O)OCC(N)=O)cccc1[N+](=O)[O-]. The number of esters is 1. The summed E-state index contributed by atoms with van der Waals surface area (Å²) >= 11 is 0. The summed E-state index contributed by atoms with van der Waals surface area (Å²) in [5.74, 6) is -1.61. The highest BCUT2D eigenvalue weighted by Crippen LogP contribution is 2.21. The van der Waals surface area contributed by atoms with Gasteiger partial charge in [0.15, 0.2) is 6.61 Å². The van der Waals surface area contributed by atoms with Crippen LogP contribution in [-0.2, 0) is 9.53 Å². The van der Waals surface area contributed by atoms with E-state index in [1.54, 1.807) is 0 Å². The number of carbonyl (C=O) groups excluding carboxylic acids is 2. The van der Waals surface area contributed by atoms with E-state index in [-0.39, 0.29) is 16.8 Å². The van der Waals surface area contributed by atoms with Crippen LogP contribution in [0.1, 0.15) is 15.9 Å². The maximum atomic E-state index is 11.5. The van der Waals surface area contributed by atoms with Crippen LogP contribution in [0.25, 0.3) is 0 Å². The summed E-state index contributed by atoms with van der Waals surface area (Å²) in [6, 6.07) is 4.03. The Hall–Kier alpha value is -2.44. The normalized spacial score (nSPS) is 9.71. The van der Waals surface area contributed by atoms with E-state index in [0.717, 1.165) is 0 Å². The van der Waals surface area contributed by atoms with E-state index in [2.05, 4.69) is 4.74 Å². The monoisotopic (exact) mass is 238 g/mol. The predicted octanol–water partition coefficient (Wildman–Crippen LogP) is 0.545. The topological polar surface area (TPSA) is 113 Å². The van der Waals surface area contributed by atoms with Crippen molar-refractivity contribution in [3.63, 3.8) is 0 Å². The first-order valence-corrected chi connectivity index (χ1v) is 4.63. The lowest BCUT2D eigenvalue weighted by Gasteiger charge is -2.05. The van der Waals surface area contributed by atoms with Crippen LogP contribution in [0, 0.1) is 17.0 Å². The number of rotatable bonds is 4. The van der Waals surface area contributed by atoms with E-state index in [4.69, 9.17) is 5.73 Å². The molecule has 0 fully saturated rings. The second kappa shape index (κ2) is 5.06. The van der Waals surface area contributed by atoms with E-state index in [1.165, 1.54) is 25.1 Å². The number of nitro groups is 1. The quantitative estimate of drug-likeness (QED) is 0.467. The Kier molecular flexibility index (Phi) is 3.76. The smallest absolute Gasteiger partial charge is 0.339 e. The molecule has 0 aliphatic carbocycles. The standard InChI is InChI=1S/C10H10N2O5/c1-6-7(10(14)17-5-9(11)13)3-2-4-8(6)12(15)16/h2-4H,5H2,1H3,(H2,11,13). The van der Waals surface area contributed by atoms with Gasteiger partial charge >= 0.3 is 5.97 Å². The molecule has 0 saturated carbocycles. The maximum absolute atomic E-state index is 11.5. The van der Waals surface area contributed by atoms with E-state index in [9.17, 15) is 19.7 Å². The number of amides is 1. The van der Waals surface area contributed by atoms with Gasteiger partial charge in [-0.05, 0) is 13.0 Å². The highest BCUT2D eigenvalue weighted by atomic mass is 16.6. The van der Waals surface area contributed by atoms with Gasteiger partial charge in [-0.25, -0.2) is 4.79 Å². The zero-order valence-corrected chi connectivity index (χ0v) is 9.00. The van der Waals surface area contributed by atoms with Crippen LogP contribution in [-0.4, -0.2) is 23.4 Å². The van der Waals surface area contributed by atoms with Gasteiger partial charge in [0.25, 0.3) is 11.6 Å². The number of ether oxygens (including phenoxy) is 1. The van der Waals surface area contributed by atoms with Gasteiger partial charge in [0.05, 0.1) is 10.5 Å². The number of nitro benzene ring substituents is 1. The molecule has 1 rings (SSSR count). The second-order valence-electron chi connectivity index (χ2n) is 3.25. The molecule has 0 saturated heterocycles. The van der Waals surface area contributed by atoms with E-state index < -0.39 is 23.4 Å². The van der Waals surface area contributed by atoms with Crippen molar-refractivity contribution in [2.75, 3.05) is 6.61 Å². The molecule has 2 N–H and O–H groups in total. The number of benzene rings is 1. The van der Waals surface area contributed by atoms with Crippen LogP contribution >= 0.6 is 0 Å². The number of hydrogen-bond donors (Lipinski definition) is 1. The lowest BCUT2D eigenvalue weighted by molar-refractivity contribution is -0.385. The van der Waals surface area contributed by atoms with Crippen LogP contribution in [0.5, 0.6) is 0 Å². The molecular formula is C10H10N2O5. The van der Waals surface area contributed by atoms with Gasteiger partial charge in [0, 0.05) is 11.6 Å². The molecule has 0 unspecified atom stereocenters. The lowest BCUT2D eigenvalue weighted by Crippen LogP contribution is -2.21. The first kappa shape index (κ1) is 12.6. The molecule has 7 nitrogen and oxygen atoms in total. The van der Waals surface area contributed by atoms with Crippen molar-refractivity contribution < 1.29 is 19.2 Å². The summed E-state index contributed by atoms with van der Waals surface area (Å²) in [4.78, 5) is 32.0. The van der Waals surface area contributed by atoms with Crippen LogP contribution < -0.4 is 5.73 Å². The molecule has 1 amide bonds. The Bertz CT molecular complexity index is 484. The number of nitrogens with two attached hydrogens (primary N) is 1. The fraction of sp³-hybridized carbons (Fsp3) is 0.200. The molecule has 0 aliphatic heterocycles. The van der Waals surface area contributed by atoms with Crippen LogP contribution in [0.15, 0.2) is 18.2 Å². The molecule has 7 heteroatoms. The minimum Gasteiger partial charge on any atom is -0.452 e. The van der Waals surface area contributed by atoms with Crippen LogP contribution in [0.2, 0.25) is 0 Å². The van der Waals surface area contributed by atoms with Gasteiger partial charge in [0.2, 0.25) is 0 Å². The number of carbonyl (C=O) groups is 2. The summed E-state index contributed by atoms with van der Waals surface area (Å²) in [5, 5.41) is 10.6. The van der Waals surface area contributed by atoms with Crippen molar-refractivity contribution in [1.29, 1.82) is 0 Å². The Labute approximate surface area is 96.3 Å². The molecule has 0 aromatic heterocycles. The van der Waals surface area contributed by atoms with Crippen molar-refractivity contribution in [3.05, 3.63) is 39.4 Å². The molecule has 0 bridgehead atoms. The lowest BCUT2D eigenvalue weighted by atomic mass is 10.1. The Balaban J connectivity index is 2.98. The van der Waals surface area contributed by atoms with Gasteiger partial charge in [-0.15, -0.1) is 0 Å². The van der Waals surface area contributed by atoms with Crippen LogP contribution in [0.4, 0.5) is 5.69 Å². The summed E-state index contributed by atoms with van der Waals surface area (Å²) in [6.45, 7) is 0.875. The molecule has 90 valence electrons. The third kappa shape index (κ3) is 3.00. The molecule has 17 heavy (non-hydrogen) atoms. The number of nitrogens with zero attached hydrogens (tertiary/aromatic N) is 1. The van der Waals surface area contributed by atoms with Crippen molar-refractivity contribution in [2.24, 2.45) is 5.73 Å². The van der Waals surface area contributed by atoms with E-state index in [1.807, 2.05) is 0 Å². The second-order valence-corrected chi connectivity index (χ2v) is 3.25. The average Bonchev–Trinajstić information content (AvgIpc) is 2.25. The minimum atomic E-state index is -0.815. The number of primary amides is 1. The summed E-state index contributed by atoms with van der Waals surface area (Å²) < 4.78 is 4.57. The van der Waals surface area contributed by atoms with Crippen molar-refractivity contribution >= 4 is 17.6 Å². The van der Waals surface area contributed by atoms with E-state index >= 15 is 0 Å². The molecular weight excluding hydrogens is 228 g/mol. The third-order valence-corrected chi connectivity index (χ3v) is 2.07. The highest BCUT2D eigenvalue weighted by molar-refractivity contribution is 5.93.